The Morgan fingerprint density at radius 2 is 1.75 bits per heavy atom. The van der Waals surface area contributed by atoms with Gasteiger partial charge in [-0.15, -0.1) is 0 Å². The molecule has 1 aliphatic rings. The lowest BCUT2D eigenvalue weighted by molar-refractivity contribution is -0.117. The summed E-state index contributed by atoms with van der Waals surface area (Å²) >= 11 is 0. The lowest BCUT2D eigenvalue weighted by Crippen LogP contribution is -2.37. The third-order valence-electron chi connectivity index (χ3n) is 6.37. The van der Waals surface area contributed by atoms with Gasteiger partial charge in [-0.3, -0.25) is 4.79 Å². The Hall–Kier alpha value is -4.59. The van der Waals surface area contributed by atoms with Crippen LogP contribution in [0.1, 0.15) is 64.9 Å². The smallest absolute Gasteiger partial charge is 0.407 e. The molecule has 208 valence electrons. The minimum absolute atomic E-state index is 0.0388. The van der Waals surface area contributed by atoms with Crippen LogP contribution in [-0.4, -0.2) is 30.1 Å². The predicted octanol–water partition coefficient (Wildman–Crippen LogP) is 5.67. The van der Waals surface area contributed by atoms with Gasteiger partial charge in [-0.25, -0.2) is 9.59 Å². The topological polar surface area (TPSA) is 106 Å². The summed E-state index contributed by atoms with van der Waals surface area (Å²) in [7, 11) is 0. The van der Waals surface area contributed by atoms with Gasteiger partial charge in [-0.05, 0) is 86.0 Å². The molecule has 0 aliphatic carbocycles. The van der Waals surface area contributed by atoms with E-state index in [1.54, 1.807) is 45.0 Å². The van der Waals surface area contributed by atoms with E-state index < -0.39 is 23.6 Å². The Kier molecular flexibility index (Phi) is 8.89. The molecule has 3 N–H and O–H groups in total. The van der Waals surface area contributed by atoms with Crippen LogP contribution in [0.3, 0.4) is 0 Å². The molecule has 8 heteroatoms. The van der Waals surface area contributed by atoms with Gasteiger partial charge < -0.3 is 25.4 Å². The molecule has 0 aromatic heterocycles. The molecule has 3 aromatic rings. The fourth-order valence-corrected chi connectivity index (χ4v) is 4.27. The molecule has 4 rings (SSSR count). The lowest BCUT2D eigenvalue weighted by atomic mass is 9.96. The number of fused-ring (bicyclic) bond motifs is 1. The Bertz CT molecular complexity index is 1410. The fourth-order valence-electron chi connectivity index (χ4n) is 4.27. The number of carbonyl (C=O) groups is 3. The van der Waals surface area contributed by atoms with Gasteiger partial charge in [0.05, 0.1) is 11.5 Å². The summed E-state index contributed by atoms with van der Waals surface area (Å²) in [6.07, 6.45) is 3.23. The van der Waals surface area contributed by atoms with E-state index in [1.165, 1.54) is 0 Å². The van der Waals surface area contributed by atoms with Crippen molar-refractivity contribution < 1.29 is 23.9 Å². The maximum atomic E-state index is 13.5. The number of aryl methyl sites for hydroxylation is 1. The van der Waals surface area contributed by atoms with Gasteiger partial charge in [-0.1, -0.05) is 48.5 Å². The van der Waals surface area contributed by atoms with Gasteiger partial charge in [0.2, 0.25) is 5.91 Å². The number of esters is 1. The average molecular weight is 542 g/mol. The highest BCUT2D eigenvalue weighted by atomic mass is 16.6. The van der Waals surface area contributed by atoms with Crippen LogP contribution in [0.15, 0.2) is 72.9 Å². The number of amides is 2. The largest absolute Gasteiger partial charge is 0.457 e. The van der Waals surface area contributed by atoms with Crippen LogP contribution in [0.2, 0.25) is 0 Å². The van der Waals surface area contributed by atoms with Gasteiger partial charge in [-0.2, -0.15) is 0 Å². The Balaban J connectivity index is 1.47. The normalized spacial score (nSPS) is 12.9. The van der Waals surface area contributed by atoms with E-state index in [2.05, 4.69) is 16.0 Å². The molecule has 2 amide bonds. The molecule has 40 heavy (non-hydrogen) atoms. The number of hydrogen-bond donors (Lipinski definition) is 3. The van der Waals surface area contributed by atoms with Crippen LogP contribution in [0.25, 0.3) is 6.08 Å². The van der Waals surface area contributed by atoms with Crippen molar-refractivity contribution in [2.45, 2.75) is 52.4 Å². The van der Waals surface area contributed by atoms with Gasteiger partial charge in [0, 0.05) is 18.8 Å². The third kappa shape index (κ3) is 7.72. The molecular formula is C32H35N3O5. The molecule has 1 atom stereocenters. The van der Waals surface area contributed by atoms with E-state index in [1.807, 2.05) is 61.7 Å². The first-order valence-corrected chi connectivity index (χ1v) is 13.2. The van der Waals surface area contributed by atoms with Crippen LogP contribution >= 0.6 is 0 Å². The van der Waals surface area contributed by atoms with Gasteiger partial charge >= 0.3 is 12.1 Å². The van der Waals surface area contributed by atoms with Crippen LogP contribution in [0, 0.1) is 6.92 Å². The molecule has 1 heterocycles. The average Bonchev–Trinajstić information content (AvgIpc) is 2.91. The zero-order valence-corrected chi connectivity index (χ0v) is 23.2. The molecule has 1 aliphatic heterocycles. The second-order valence-corrected chi connectivity index (χ2v) is 10.7. The second-order valence-electron chi connectivity index (χ2n) is 10.7. The monoisotopic (exact) mass is 541 g/mol. The summed E-state index contributed by atoms with van der Waals surface area (Å²) in [6.45, 7) is 8.06. The van der Waals surface area contributed by atoms with E-state index in [9.17, 15) is 14.4 Å². The Morgan fingerprint density at radius 3 is 2.48 bits per heavy atom. The minimum atomic E-state index is -0.690. The number of benzene rings is 3. The molecule has 3 aromatic carbocycles. The highest BCUT2D eigenvalue weighted by Crippen LogP contribution is 2.23. The Labute approximate surface area is 234 Å². The van der Waals surface area contributed by atoms with E-state index in [-0.39, 0.29) is 19.1 Å². The number of rotatable bonds is 8. The van der Waals surface area contributed by atoms with Gasteiger partial charge in [0.1, 0.15) is 12.2 Å². The number of carbonyl (C=O) groups excluding carboxylic acids is 3. The van der Waals surface area contributed by atoms with Gasteiger partial charge in [0.15, 0.2) is 0 Å². The quantitative estimate of drug-likeness (QED) is 0.317. The molecule has 0 saturated heterocycles. The van der Waals surface area contributed by atoms with Crippen molar-refractivity contribution >= 4 is 29.7 Å². The van der Waals surface area contributed by atoms with Crippen molar-refractivity contribution in [1.29, 1.82) is 0 Å². The first kappa shape index (κ1) is 28.4. The summed E-state index contributed by atoms with van der Waals surface area (Å²) in [5.74, 6) is -1.35. The molecule has 0 saturated carbocycles. The molecule has 1 unspecified atom stereocenters. The SMILES string of the molecule is Cc1ccccc1C(=O)OCc1ccc(C(CNC(=O)OC(C)(C)C)C(=O)Nc2ccc3c(c2)C=CNC3)cc1. The van der Waals surface area contributed by atoms with E-state index in [4.69, 9.17) is 9.47 Å². The second kappa shape index (κ2) is 12.5. The zero-order valence-electron chi connectivity index (χ0n) is 23.2. The standard InChI is InChI=1S/C32H35N3O5/c1-21-7-5-6-8-27(21)30(37)39-20-22-9-11-23(12-10-22)28(19-34-31(38)40-32(2,3)4)29(36)35-26-14-13-25-18-33-16-15-24(25)17-26/h5-17,28,33H,18-20H2,1-4H3,(H,34,38)(H,35,36). The van der Waals surface area contributed by atoms with E-state index in [0.717, 1.165) is 28.8 Å². The summed E-state index contributed by atoms with van der Waals surface area (Å²) in [5.41, 5.74) is 5.03. The first-order chi connectivity index (χ1) is 19.1. The van der Waals surface area contributed by atoms with Crippen molar-refractivity contribution in [2.24, 2.45) is 0 Å². The van der Waals surface area contributed by atoms with E-state index in [0.29, 0.717) is 16.8 Å². The Morgan fingerprint density at radius 1 is 1.00 bits per heavy atom. The number of alkyl carbamates (subject to hydrolysis) is 1. The predicted molar refractivity (Wildman–Crippen MR) is 155 cm³/mol. The summed E-state index contributed by atoms with van der Waals surface area (Å²) in [4.78, 5) is 38.3. The van der Waals surface area contributed by atoms with Crippen molar-refractivity contribution in [1.82, 2.24) is 10.6 Å². The maximum Gasteiger partial charge on any atom is 0.407 e. The van der Waals surface area contributed by atoms with Crippen molar-refractivity contribution in [3.05, 3.63) is 106 Å². The number of anilines is 1. The van der Waals surface area contributed by atoms with Gasteiger partial charge in [0.25, 0.3) is 0 Å². The maximum absolute atomic E-state index is 13.5. The number of hydrogen-bond acceptors (Lipinski definition) is 6. The number of nitrogens with one attached hydrogen (secondary N) is 3. The van der Waals surface area contributed by atoms with Crippen LogP contribution in [-0.2, 0) is 27.4 Å². The van der Waals surface area contributed by atoms with Crippen LogP contribution in [0.4, 0.5) is 10.5 Å². The molecular weight excluding hydrogens is 506 g/mol. The molecule has 0 fully saturated rings. The highest BCUT2D eigenvalue weighted by molar-refractivity contribution is 5.96. The lowest BCUT2D eigenvalue weighted by Gasteiger charge is -2.22. The summed E-state index contributed by atoms with van der Waals surface area (Å²) in [6, 6.07) is 20.3. The minimum Gasteiger partial charge on any atom is -0.457 e. The highest BCUT2D eigenvalue weighted by Gasteiger charge is 2.24. The summed E-state index contributed by atoms with van der Waals surface area (Å²) < 4.78 is 10.8. The molecule has 0 bridgehead atoms. The summed E-state index contributed by atoms with van der Waals surface area (Å²) in [5, 5.41) is 8.87. The fraction of sp³-hybridized carbons (Fsp3) is 0.281. The van der Waals surface area contributed by atoms with Crippen molar-refractivity contribution in [2.75, 3.05) is 11.9 Å². The van der Waals surface area contributed by atoms with E-state index >= 15 is 0 Å². The van der Waals surface area contributed by atoms with Crippen molar-refractivity contribution in [3.8, 4) is 0 Å². The van der Waals surface area contributed by atoms with Crippen molar-refractivity contribution in [3.63, 3.8) is 0 Å². The zero-order chi connectivity index (χ0) is 28.7. The molecule has 8 nitrogen and oxygen atoms in total. The third-order valence-corrected chi connectivity index (χ3v) is 6.37. The molecule has 0 radical (unpaired) electrons. The van der Waals surface area contributed by atoms with Crippen LogP contribution in [0.5, 0.6) is 0 Å². The molecule has 0 spiro atoms. The first-order valence-electron chi connectivity index (χ1n) is 13.2. The number of ether oxygens (including phenoxy) is 2. The van der Waals surface area contributed by atoms with Crippen LogP contribution < -0.4 is 16.0 Å².